The molecule has 0 spiro atoms. The topological polar surface area (TPSA) is 32.8 Å². The molecule has 1 aromatic carbocycles. The maximum atomic E-state index is 12.4. The standard InChI is InChI=1S/C17H26N2O2/c1-15(2)21-14-13-18-9-6-10-19(12-11-18)17(20)16-7-4-3-5-8-16/h3-5,7-8,15H,6,9-14H2,1-2H3. The molecular weight excluding hydrogens is 264 g/mol. The second-order valence-corrected chi connectivity index (χ2v) is 5.77. The highest BCUT2D eigenvalue weighted by atomic mass is 16.5. The zero-order chi connectivity index (χ0) is 15.1. The molecule has 4 nitrogen and oxygen atoms in total. The van der Waals surface area contributed by atoms with E-state index < -0.39 is 0 Å². The fourth-order valence-corrected chi connectivity index (χ4v) is 2.58. The average molecular weight is 290 g/mol. The Kier molecular flexibility index (Phi) is 6.21. The summed E-state index contributed by atoms with van der Waals surface area (Å²) < 4.78 is 5.61. The van der Waals surface area contributed by atoms with E-state index in [9.17, 15) is 4.79 Å². The van der Waals surface area contributed by atoms with Crippen molar-refractivity contribution in [2.45, 2.75) is 26.4 Å². The fraction of sp³-hybridized carbons (Fsp3) is 0.588. The molecule has 0 bridgehead atoms. The Morgan fingerprint density at radius 1 is 1.14 bits per heavy atom. The molecule has 0 atom stereocenters. The van der Waals surface area contributed by atoms with Crippen LogP contribution in [0, 0.1) is 0 Å². The van der Waals surface area contributed by atoms with Gasteiger partial charge in [-0.1, -0.05) is 18.2 Å². The number of benzene rings is 1. The Bertz CT molecular complexity index is 434. The lowest BCUT2D eigenvalue weighted by atomic mass is 10.2. The van der Waals surface area contributed by atoms with Gasteiger partial charge in [-0.2, -0.15) is 0 Å². The van der Waals surface area contributed by atoms with Crippen LogP contribution < -0.4 is 0 Å². The van der Waals surface area contributed by atoms with Crippen LogP contribution in [0.25, 0.3) is 0 Å². The minimum Gasteiger partial charge on any atom is -0.377 e. The summed E-state index contributed by atoms with van der Waals surface area (Å²) in [5.41, 5.74) is 0.786. The molecule has 1 aromatic rings. The predicted molar refractivity (Wildman–Crippen MR) is 84.5 cm³/mol. The molecule has 1 aliphatic rings. The monoisotopic (exact) mass is 290 g/mol. The number of carbonyl (C=O) groups is 1. The van der Waals surface area contributed by atoms with Crippen LogP contribution in [-0.2, 0) is 4.74 Å². The first-order valence-electron chi connectivity index (χ1n) is 7.85. The van der Waals surface area contributed by atoms with E-state index in [4.69, 9.17) is 4.74 Å². The van der Waals surface area contributed by atoms with Gasteiger partial charge < -0.3 is 9.64 Å². The Morgan fingerprint density at radius 3 is 2.62 bits per heavy atom. The lowest BCUT2D eigenvalue weighted by molar-refractivity contribution is 0.0592. The molecule has 116 valence electrons. The molecule has 4 heteroatoms. The summed E-state index contributed by atoms with van der Waals surface area (Å²) in [6.45, 7) is 9.45. The molecule has 0 radical (unpaired) electrons. The van der Waals surface area contributed by atoms with E-state index in [1.54, 1.807) is 0 Å². The van der Waals surface area contributed by atoms with E-state index in [1.807, 2.05) is 35.2 Å². The van der Waals surface area contributed by atoms with Gasteiger partial charge in [-0.3, -0.25) is 9.69 Å². The first-order chi connectivity index (χ1) is 10.2. The number of nitrogens with zero attached hydrogens (tertiary/aromatic N) is 2. The number of amides is 1. The summed E-state index contributed by atoms with van der Waals surface area (Å²) in [5.74, 6) is 0.149. The van der Waals surface area contributed by atoms with Crippen LogP contribution in [0.5, 0.6) is 0 Å². The van der Waals surface area contributed by atoms with Gasteiger partial charge in [0.1, 0.15) is 0 Å². The van der Waals surface area contributed by atoms with Crippen molar-refractivity contribution < 1.29 is 9.53 Å². The van der Waals surface area contributed by atoms with Gasteiger partial charge in [0.15, 0.2) is 0 Å². The van der Waals surface area contributed by atoms with Gasteiger partial charge in [-0.05, 0) is 38.9 Å². The summed E-state index contributed by atoms with van der Waals surface area (Å²) in [5, 5.41) is 0. The second kappa shape index (κ2) is 8.15. The molecule has 1 heterocycles. The molecule has 1 fully saturated rings. The van der Waals surface area contributed by atoms with Crippen molar-refractivity contribution in [2.24, 2.45) is 0 Å². The van der Waals surface area contributed by atoms with Gasteiger partial charge >= 0.3 is 0 Å². The van der Waals surface area contributed by atoms with E-state index >= 15 is 0 Å². The number of rotatable bonds is 5. The van der Waals surface area contributed by atoms with E-state index in [0.29, 0.717) is 0 Å². The minimum atomic E-state index is 0.149. The van der Waals surface area contributed by atoms with Crippen molar-refractivity contribution in [3.05, 3.63) is 35.9 Å². The van der Waals surface area contributed by atoms with Gasteiger partial charge in [-0.15, -0.1) is 0 Å². The van der Waals surface area contributed by atoms with Crippen molar-refractivity contribution in [3.8, 4) is 0 Å². The Hall–Kier alpha value is -1.39. The lowest BCUT2D eigenvalue weighted by Crippen LogP contribution is -2.36. The molecule has 0 N–H and O–H groups in total. The highest BCUT2D eigenvalue weighted by molar-refractivity contribution is 5.94. The number of hydrogen-bond acceptors (Lipinski definition) is 3. The number of hydrogen-bond donors (Lipinski definition) is 0. The van der Waals surface area contributed by atoms with Gasteiger partial charge in [0.25, 0.3) is 5.91 Å². The lowest BCUT2D eigenvalue weighted by Gasteiger charge is -2.22. The van der Waals surface area contributed by atoms with Crippen molar-refractivity contribution in [1.82, 2.24) is 9.80 Å². The maximum Gasteiger partial charge on any atom is 0.253 e. The summed E-state index contributed by atoms with van der Waals surface area (Å²) >= 11 is 0. The van der Waals surface area contributed by atoms with Crippen molar-refractivity contribution >= 4 is 5.91 Å². The summed E-state index contributed by atoms with van der Waals surface area (Å²) in [7, 11) is 0. The molecule has 0 unspecified atom stereocenters. The van der Waals surface area contributed by atoms with Gasteiger partial charge in [0, 0.05) is 31.7 Å². The number of carbonyl (C=O) groups excluding carboxylic acids is 1. The van der Waals surface area contributed by atoms with Crippen molar-refractivity contribution in [3.63, 3.8) is 0 Å². The highest BCUT2D eigenvalue weighted by Crippen LogP contribution is 2.09. The largest absolute Gasteiger partial charge is 0.377 e. The minimum absolute atomic E-state index is 0.149. The molecule has 1 amide bonds. The van der Waals surface area contributed by atoms with E-state index in [2.05, 4.69) is 18.7 Å². The van der Waals surface area contributed by atoms with Gasteiger partial charge in [0.2, 0.25) is 0 Å². The van der Waals surface area contributed by atoms with Gasteiger partial charge in [0.05, 0.1) is 12.7 Å². The molecule has 1 saturated heterocycles. The van der Waals surface area contributed by atoms with Crippen molar-refractivity contribution in [1.29, 1.82) is 0 Å². The van der Waals surface area contributed by atoms with Crippen LogP contribution in [-0.4, -0.2) is 61.1 Å². The zero-order valence-corrected chi connectivity index (χ0v) is 13.1. The van der Waals surface area contributed by atoms with Crippen LogP contribution in [0.2, 0.25) is 0 Å². The molecule has 1 aliphatic heterocycles. The Morgan fingerprint density at radius 2 is 1.90 bits per heavy atom. The quantitative estimate of drug-likeness (QED) is 0.834. The molecule has 2 rings (SSSR count). The molecule has 21 heavy (non-hydrogen) atoms. The summed E-state index contributed by atoms with van der Waals surface area (Å²) in [6.07, 6.45) is 1.31. The summed E-state index contributed by atoms with van der Waals surface area (Å²) in [6, 6.07) is 9.56. The normalized spacial score (nSPS) is 17.0. The third-order valence-electron chi connectivity index (χ3n) is 3.76. The molecular formula is C17H26N2O2. The third-order valence-corrected chi connectivity index (χ3v) is 3.76. The van der Waals surface area contributed by atoms with Crippen molar-refractivity contribution in [2.75, 3.05) is 39.3 Å². The Labute approximate surface area is 127 Å². The van der Waals surface area contributed by atoms with E-state index in [-0.39, 0.29) is 12.0 Å². The van der Waals surface area contributed by atoms with Crippen LogP contribution in [0.3, 0.4) is 0 Å². The smallest absolute Gasteiger partial charge is 0.253 e. The third kappa shape index (κ3) is 5.14. The van der Waals surface area contributed by atoms with Crippen LogP contribution >= 0.6 is 0 Å². The molecule has 0 aromatic heterocycles. The van der Waals surface area contributed by atoms with Gasteiger partial charge in [-0.25, -0.2) is 0 Å². The second-order valence-electron chi connectivity index (χ2n) is 5.77. The first-order valence-corrected chi connectivity index (χ1v) is 7.85. The molecule has 0 saturated carbocycles. The van der Waals surface area contributed by atoms with E-state index in [1.165, 1.54) is 0 Å². The fourth-order valence-electron chi connectivity index (χ4n) is 2.58. The number of ether oxygens (including phenoxy) is 1. The van der Waals surface area contributed by atoms with E-state index in [0.717, 1.165) is 51.3 Å². The van der Waals surface area contributed by atoms with Crippen LogP contribution in [0.1, 0.15) is 30.6 Å². The maximum absolute atomic E-state index is 12.4. The van der Waals surface area contributed by atoms with Crippen LogP contribution in [0.15, 0.2) is 30.3 Å². The SMILES string of the molecule is CC(C)OCCN1CCCN(C(=O)c2ccccc2)CC1. The highest BCUT2D eigenvalue weighted by Gasteiger charge is 2.19. The summed E-state index contributed by atoms with van der Waals surface area (Å²) in [4.78, 5) is 16.8. The molecule has 0 aliphatic carbocycles. The zero-order valence-electron chi connectivity index (χ0n) is 13.1. The predicted octanol–water partition coefficient (Wildman–Crippen LogP) is 2.26. The van der Waals surface area contributed by atoms with Crippen LogP contribution in [0.4, 0.5) is 0 Å². The first kappa shape index (κ1) is 16.0. The Balaban J connectivity index is 1.82. The average Bonchev–Trinajstić information content (AvgIpc) is 2.73.